The van der Waals surface area contributed by atoms with Crippen LogP contribution < -0.4 is 15.0 Å². The fourth-order valence-corrected chi connectivity index (χ4v) is 3.23. The molecule has 2 rings (SSSR count). The first kappa shape index (κ1) is 18.5. The summed E-state index contributed by atoms with van der Waals surface area (Å²) >= 11 is 0. The van der Waals surface area contributed by atoms with Crippen LogP contribution in [-0.4, -0.2) is 32.1 Å². The highest BCUT2D eigenvalue weighted by Crippen LogP contribution is 2.23. The van der Waals surface area contributed by atoms with E-state index < -0.39 is 0 Å². The van der Waals surface area contributed by atoms with Crippen LogP contribution in [0, 0.1) is 5.92 Å². The second-order valence-corrected chi connectivity index (χ2v) is 7.08. The summed E-state index contributed by atoms with van der Waals surface area (Å²) in [7, 11) is 2.06. The van der Waals surface area contributed by atoms with E-state index in [9.17, 15) is 4.79 Å². The average molecular weight is 331 g/mol. The molecule has 1 saturated carbocycles. The molecule has 1 aromatic rings. The number of hydrogen-bond donors (Lipinski definition) is 2. The zero-order valence-electron chi connectivity index (χ0n) is 15.0. The number of carbonyl (C=O) groups excluding carboxylic acids is 1. The largest absolute Gasteiger partial charge is 0.490 e. The molecule has 0 aromatic heterocycles. The van der Waals surface area contributed by atoms with E-state index in [1.54, 1.807) is 6.08 Å². The van der Waals surface area contributed by atoms with Crippen molar-refractivity contribution in [2.75, 3.05) is 20.2 Å². The summed E-state index contributed by atoms with van der Waals surface area (Å²) < 4.78 is 5.48. The van der Waals surface area contributed by atoms with Gasteiger partial charge in [0.25, 0.3) is 5.91 Å². The smallest absolute Gasteiger partial charge is 0.275 e. The van der Waals surface area contributed by atoms with Crippen molar-refractivity contribution < 1.29 is 14.4 Å². The summed E-state index contributed by atoms with van der Waals surface area (Å²) in [6.45, 7) is 7.80. The van der Waals surface area contributed by atoms with E-state index in [-0.39, 0.29) is 5.91 Å². The number of quaternary nitrogens is 1. The van der Waals surface area contributed by atoms with Crippen LogP contribution in [0.2, 0.25) is 0 Å². The summed E-state index contributed by atoms with van der Waals surface area (Å²) in [4.78, 5) is 13.4. The zero-order valence-corrected chi connectivity index (χ0v) is 15.0. The minimum atomic E-state index is 0.165. The molecule has 1 unspecified atom stereocenters. The van der Waals surface area contributed by atoms with Gasteiger partial charge in [-0.1, -0.05) is 19.6 Å². The Bertz CT molecular complexity index is 519. The number of hydrogen-bond acceptors (Lipinski definition) is 2. The zero-order chi connectivity index (χ0) is 17.4. The molecule has 0 saturated heterocycles. The third-order valence-corrected chi connectivity index (χ3v) is 4.64. The fraction of sp³-hybridized carbons (Fsp3) is 0.550. The summed E-state index contributed by atoms with van der Waals surface area (Å²) in [6, 6.07) is 8.43. The molecule has 0 bridgehead atoms. The van der Waals surface area contributed by atoms with Crippen molar-refractivity contribution in [1.82, 2.24) is 5.32 Å². The highest BCUT2D eigenvalue weighted by atomic mass is 16.5. The van der Waals surface area contributed by atoms with Crippen molar-refractivity contribution in [3.05, 3.63) is 42.5 Å². The molecule has 1 aromatic carbocycles. The van der Waals surface area contributed by atoms with Crippen LogP contribution >= 0.6 is 0 Å². The van der Waals surface area contributed by atoms with Crippen LogP contribution in [0.1, 0.15) is 38.2 Å². The Kier molecular flexibility index (Phi) is 7.32. The third kappa shape index (κ3) is 6.36. The number of carbonyl (C=O) groups is 1. The lowest BCUT2D eigenvalue weighted by Crippen LogP contribution is -3.09. The van der Waals surface area contributed by atoms with Gasteiger partial charge in [0.15, 0.2) is 6.54 Å². The molecule has 132 valence electrons. The SMILES string of the molecule is C=CCOc1ccc(C[NH+](C)CC(=O)NC2CCC(C)CC2)cc1. The maximum Gasteiger partial charge on any atom is 0.275 e. The topological polar surface area (TPSA) is 42.8 Å². The lowest BCUT2D eigenvalue weighted by Gasteiger charge is -2.27. The molecule has 4 heteroatoms. The Morgan fingerprint density at radius 1 is 1.29 bits per heavy atom. The Balaban J connectivity index is 1.72. The van der Waals surface area contributed by atoms with Crippen LogP contribution in [-0.2, 0) is 11.3 Å². The predicted molar refractivity (Wildman–Crippen MR) is 97.2 cm³/mol. The van der Waals surface area contributed by atoms with Gasteiger partial charge in [-0.25, -0.2) is 0 Å². The number of amides is 1. The maximum absolute atomic E-state index is 12.2. The minimum Gasteiger partial charge on any atom is -0.490 e. The van der Waals surface area contributed by atoms with Gasteiger partial charge in [0.2, 0.25) is 0 Å². The Hall–Kier alpha value is -1.81. The van der Waals surface area contributed by atoms with Crippen molar-refractivity contribution >= 4 is 5.91 Å². The summed E-state index contributed by atoms with van der Waals surface area (Å²) in [5.74, 6) is 1.82. The van der Waals surface area contributed by atoms with Crippen LogP contribution in [0.25, 0.3) is 0 Å². The highest BCUT2D eigenvalue weighted by Gasteiger charge is 2.21. The van der Waals surface area contributed by atoms with Crippen LogP contribution in [0.3, 0.4) is 0 Å². The molecule has 1 fully saturated rings. The fourth-order valence-electron chi connectivity index (χ4n) is 3.23. The first-order valence-electron chi connectivity index (χ1n) is 9.00. The number of benzene rings is 1. The molecule has 0 radical (unpaired) electrons. The second kappa shape index (κ2) is 9.48. The second-order valence-electron chi connectivity index (χ2n) is 7.08. The normalized spacial score (nSPS) is 21.8. The molecule has 1 amide bonds. The molecule has 1 aliphatic carbocycles. The molecule has 4 nitrogen and oxygen atoms in total. The van der Waals surface area contributed by atoms with Gasteiger partial charge in [0.1, 0.15) is 18.9 Å². The minimum absolute atomic E-state index is 0.165. The van der Waals surface area contributed by atoms with Gasteiger partial charge < -0.3 is 15.0 Å². The van der Waals surface area contributed by atoms with Crippen molar-refractivity contribution in [1.29, 1.82) is 0 Å². The third-order valence-electron chi connectivity index (χ3n) is 4.64. The van der Waals surface area contributed by atoms with Gasteiger partial charge in [-0.05, 0) is 55.9 Å². The van der Waals surface area contributed by atoms with Gasteiger partial charge in [-0.3, -0.25) is 4.79 Å². The molecule has 0 aliphatic heterocycles. The molecular weight excluding hydrogens is 300 g/mol. The van der Waals surface area contributed by atoms with E-state index in [0.29, 0.717) is 19.2 Å². The van der Waals surface area contributed by atoms with Crippen molar-refractivity contribution in [2.24, 2.45) is 5.92 Å². The number of likely N-dealkylation sites (N-methyl/N-ethyl adjacent to an activating group) is 1. The maximum atomic E-state index is 12.2. The lowest BCUT2D eigenvalue weighted by molar-refractivity contribution is -0.885. The molecule has 24 heavy (non-hydrogen) atoms. The van der Waals surface area contributed by atoms with E-state index in [4.69, 9.17) is 4.74 Å². The Labute approximate surface area is 145 Å². The van der Waals surface area contributed by atoms with Gasteiger partial charge in [0.05, 0.1) is 7.05 Å². The number of ether oxygens (including phenoxy) is 1. The first-order chi connectivity index (χ1) is 11.6. The molecule has 1 atom stereocenters. The highest BCUT2D eigenvalue weighted by molar-refractivity contribution is 5.77. The van der Waals surface area contributed by atoms with Gasteiger partial charge in [-0.15, -0.1) is 0 Å². The molecular formula is C20H31N2O2+. The van der Waals surface area contributed by atoms with Crippen LogP contribution in [0.5, 0.6) is 5.75 Å². The quantitative estimate of drug-likeness (QED) is 0.715. The summed E-state index contributed by atoms with van der Waals surface area (Å²) in [5, 5.41) is 3.20. The van der Waals surface area contributed by atoms with E-state index in [0.717, 1.165) is 31.1 Å². The van der Waals surface area contributed by atoms with Crippen molar-refractivity contribution in [3.8, 4) is 5.75 Å². The lowest BCUT2D eigenvalue weighted by atomic mass is 9.87. The van der Waals surface area contributed by atoms with E-state index in [2.05, 4.69) is 38.0 Å². The molecule has 0 spiro atoms. The number of rotatable bonds is 8. The average Bonchev–Trinajstić information content (AvgIpc) is 2.56. The predicted octanol–water partition coefficient (Wildman–Crippen LogP) is 1.96. The first-order valence-corrected chi connectivity index (χ1v) is 9.00. The standard InChI is InChI=1S/C20H30N2O2/c1-4-13-24-19-11-7-17(8-12-19)14-22(3)15-20(23)21-18-9-5-16(2)6-10-18/h4,7-8,11-12,16,18H,1,5-6,9-10,13-15H2,2-3H3,(H,21,23)/p+1. The molecule has 1 aliphatic rings. The van der Waals surface area contributed by atoms with Gasteiger partial charge in [-0.2, -0.15) is 0 Å². The molecule has 0 heterocycles. The number of nitrogens with one attached hydrogen (secondary N) is 2. The van der Waals surface area contributed by atoms with Gasteiger partial charge >= 0.3 is 0 Å². The summed E-state index contributed by atoms with van der Waals surface area (Å²) in [6.07, 6.45) is 6.44. The van der Waals surface area contributed by atoms with E-state index >= 15 is 0 Å². The van der Waals surface area contributed by atoms with E-state index in [1.165, 1.54) is 23.3 Å². The molecule has 2 N–H and O–H groups in total. The van der Waals surface area contributed by atoms with E-state index in [1.807, 2.05) is 12.1 Å². The monoisotopic (exact) mass is 331 g/mol. The Morgan fingerprint density at radius 2 is 1.96 bits per heavy atom. The van der Waals surface area contributed by atoms with Crippen LogP contribution in [0.15, 0.2) is 36.9 Å². The van der Waals surface area contributed by atoms with Crippen LogP contribution in [0.4, 0.5) is 0 Å². The van der Waals surface area contributed by atoms with Crippen molar-refractivity contribution in [3.63, 3.8) is 0 Å². The Morgan fingerprint density at radius 3 is 2.58 bits per heavy atom. The van der Waals surface area contributed by atoms with Crippen molar-refractivity contribution in [2.45, 2.75) is 45.2 Å². The van der Waals surface area contributed by atoms with Gasteiger partial charge in [0, 0.05) is 11.6 Å². The summed E-state index contributed by atoms with van der Waals surface area (Å²) in [5.41, 5.74) is 1.21.